The van der Waals surface area contributed by atoms with Crippen LogP contribution in [-0.4, -0.2) is 16.8 Å². The summed E-state index contributed by atoms with van der Waals surface area (Å²) in [6.45, 7) is 5.00. The fourth-order valence-corrected chi connectivity index (χ4v) is 1.66. The van der Waals surface area contributed by atoms with Crippen LogP contribution in [0.2, 0.25) is 0 Å². The summed E-state index contributed by atoms with van der Waals surface area (Å²) in [4.78, 5) is 3.73. The molecule has 0 aliphatic carbocycles. The van der Waals surface area contributed by atoms with Crippen LogP contribution >= 0.6 is 15.9 Å². The summed E-state index contributed by atoms with van der Waals surface area (Å²) in [6.07, 6.45) is -4.45. The first-order valence-electron chi connectivity index (χ1n) is 6.04. The van der Waals surface area contributed by atoms with Crippen molar-refractivity contribution in [2.45, 2.75) is 33.0 Å². The van der Waals surface area contributed by atoms with E-state index < -0.39 is 11.7 Å². The van der Waals surface area contributed by atoms with E-state index in [0.29, 0.717) is 0 Å². The highest BCUT2D eigenvalue weighted by Gasteiger charge is 2.32. The van der Waals surface area contributed by atoms with E-state index in [9.17, 15) is 13.2 Å². The minimum Gasteiger partial charge on any atom is -0.426 e. The summed E-state index contributed by atoms with van der Waals surface area (Å²) in [5, 5.41) is 10.0. The van der Waals surface area contributed by atoms with Crippen LogP contribution in [0.5, 0.6) is 5.75 Å². The second-order valence-corrected chi connectivity index (χ2v) is 5.33. The van der Waals surface area contributed by atoms with E-state index in [1.165, 1.54) is 19.1 Å². The van der Waals surface area contributed by atoms with Gasteiger partial charge in [-0.05, 0) is 54.4 Å². The highest BCUT2D eigenvalue weighted by molar-refractivity contribution is 9.18. The molecule has 0 spiro atoms. The molecule has 0 unspecified atom stereocenters. The van der Waals surface area contributed by atoms with Gasteiger partial charge in [0.2, 0.25) is 0 Å². The van der Waals surface area contributed by atoms with Crippen molar-refractivity contribution in [3.05, 3.63) is 29.3 Å². The van der Waals surface area contributed by atoms with Crippen LogP contribution in [0.4, 0.5) is 13.2 Å². The molecular weight excluding hydrogens is 351 g/mol. The molecule has 0 fully saturated rings. The molecule has 0 atom stereocenters. The van der Waals surface area contributed by atoms with Crippen LogP contribution in [0, 0.1) is 12.3 Å². The number of aliphatic imine (C=N–C) groups is 1. The number of alkyl halides is 3. The normalized spacial score (nSPS) is 12.5. The standard InChI is InChI=1S/C13H15BrF3N3O/c1-7(2)19-12(20-11(14)18)21-9-5-4-8(3)10(6-9)13(15,16)17/h4-7H,1-3H3,(H2,18,19,20). The third-order valence-electron chi connectivity index (χ3n) is 2.34. The molecule has 4 nitrogen and oxygen atoms in total. The Bertz CT molecular complexity index is 556. The van der Waals surface area contributed by atoms with E-state index in [1.807, 2.05) is 13.8 Å². The number of hydrogen-bond acceptors (Lipinski definition) is 2. The van der Waals surface area contributed by atoms with Gasteiger partial charge < -0.3 is 10.1 Å². The molecule has 0 amide bonds. The molecule has 0 saturated heterocycles. The number of aryl methyl sites for hydroxylation is 1. The van der Waals surface area contributed by atoms with Crippen LogP contribution in [-0.2, 0) is 6.18 Å². The van der Waals surface area contributed by atoms with Crippen molar-refractivity contribution < 1.29 is 17.9 Å². The van der Waals surface area contributed by atoms with E-state index in [2.05, 4.69) is 26.2 Å². The fourth-order valence-electron chi connectivity index (χ4n) is 1.50. The first-order chi connectivity index (χ1) is 9.59. The third-order valence-corrected chi connectivity index (χ3v) is 2.52. The molecule has 1 aromatic rings. The largest absolute Gasteiger partial charge is 0.426 e. The molecule has 116 valence electrons. The zero-order valence-electron chi connectivity index (χ0n) is 11.7. The number of nitrogens with one attached hydrogen (secondary N) is 2. The van der Waals surface area contributed by atoms with E-state index in [0.717, 1.165) is 6.07 Å². The maximum absolute atomic E-state index is 12.8. The lowest BCUT2D eigenvalue weighted by molar-refractivity contribution is -0.138. The topological polar surface area (TPSA) is 57.5 Å². The first kappa shape index (κ1) is 17.5. The van der Waals surface area contributed by atoms with E-state index in [1.54, 1.807) is 0 Å². The highest BCUT2D eigenvalue weighted by atomic mass is 79.9. The number of amidine groups is 2. The van der Waals surface area contributed by atoms with Gasteiger partial charge in [0.25, 0.3) is 6.02 Å². The van der Waals surface area contributed by atoms with Gasteiger partial charge in [-0.25, -0.2) is 0 Å². The molecule has 2 N–H and O–H groups in total. The minimum absolute atomic E-state index is 0.00595. The Morgan fingerprint density at radius 2 is 2.00 bits per heavy atom. The van der Waals surface area contributed by atoms with Crippen LogP contribution < -0.4 is 10.1 Å². The maximum Gasteiger partial charge on any atom is 0.416 e. The van der Waals surface area contributed by atoms with Crippen LogP contribution in [0.15, 0.2) is 23.2 Å². The predicted molar refractivity (Wildman–Crippen MR) is 79.2 cm³/mol. The lowest BCUT2D eigenvalue weighted by Gasteiger charge is -2.15. The number of nitrogens with zero attached hydrogens (tertiary/aromatic N) is 1. The molecule has 1 aromatic carbocycles. The lowest BCUT2D eigenvalue weighted by atomic mass is 10.1. The summed E-state index contributed by atoms with van der Waals surface area (Å²) >= 11 is 2.83. The zero-order chi connectivity index (χ0) is 16.2. The molecule has 0 aliphatic heterocycles. The second kappa shape index (κ2) is 6.93. The van der Waals surface area contributed by atoms with Gasteiger partial charge in [-0.1, -0.05) is 6.07 Å². The van der Waals surface area contributed by atoms with Crippen LogP contribution in [0.3, 0.4) is 0 Å². The van der Waals surface area contributed by atoms with Crippen molar-refractivity contribution >= 4 is 26.7 Å². The Hall–Kier alpha value is -1.57. The first-order valence-corrected chi connectivity index (χ1v) is 6.84. The molecular formula is C13H15BrF3N3O. The molecule has 8 heteroatoms. The number of halogens is 4. The van der Waals surface area contributed by atoms with Gasteiger partial charge in [0.05, 0.1) is 5.56 Å². The average molecular weight is 366 g/mol. The molecule has 1 rings (SSSR count). The fraction of sp³-hybridized carbons (Fsp3) is 0.385. The molecule has 0 bridgehead atoms. The van der Waals surface area contributed by atoms with Gasteiger partial charge in [-0.3, -0.25) is 5.41 Å². The molecule has 0 aromatic heterocycles. The van der Waals surface area contributed by atoms with Crippen molar-refractivity contribution in [3.8, 4) is 5.75 Å². The SMILES string of the molecule is Cc1ccc(O/C(=N/C(=N)Br)NC(C)C)cc1C(F)(F)F. The molecule has 0 radical (unpaired) electrons. The van der Waals surface area contributed by atoms with Crippen molar-refractivity contribution in [2.24, 2.45) is 4.99 Å². The molecule has 0 aliphatic rings. The average Bonchev–Trinajstić information content (AvgIpc) is 2.28. The molecule has 0 saturated carbocycles. The zero-order valence-corrected chi connectivity index (χ0v) is 13.3. The van der Waals surface area contributed by atoms with E-state index >= 15 is 0 Å². The summed E-state index contributed by atoms with van der Waals surface area (Å²) in [5.74, 6) is -0.00595. The predicted octanol–water partition coefficient (Wildman–Crippen LogP) is 4.08. The Labute approximate surface area is 129 Å². The third kappa shape index (κ3) is 5.74. The van der Waals surface area contributed by atoms with E-state index in [-0.39, 0.29) is 28.1 Å². The number of hydrogen-bond donors (Lipinski definition) is 2. The van der Waals surface area contributed by atoms with Crippen molar-refractivity contribution in [1.82, 2.24) is 5.32 Å². The van der Waals surface area contributed by atoms with Crippen molar-refractivity contribution in [2.75, 3.05) is 0 Å². The lowest BCUT2D eigenvalue weighted by Crippen LogP contribution is -2.34. The minimum atomic E-state index is -4.45. The number of rotatable bonds is 2. The quantitative estimate of drug-likeness (QED) is 0.471. The number of benzene rings is 1. The summed E-state index contributed by atoms with van der Waals surface area (Å²) < 4.78 is 43.6. The van der Waals surface area contributed by atoms with Gasteiger partial charge in [-0.15, -0.1) is 0 Å². The summed E-state index contributed by atoms with van der Waals surface area (Å²) in [7, 11) is 0. The summed E-state index contributed by atoms with van der Waals surface area (Å²) in [5.41, 5.74) is -0.656. The Morgan fingerprint density at radius 3 is 2.48 bits per heavy atom. The van der Waals surface area contributed by atoms with Crippen LogP contribution in [0.25, 0.3) is 0 Å². The smallest absolute Gasteiger partial charge is 0.416 e. The van der Waals surface area contributed by atoms with Gasteiger partial charge in [0.15, 0.2) is 4.74 Å². The molecule has 0 heterocycles. The van der Waals surface area contributed by atoms with Gasteiger partial charge >= 0.3 is 6.18 Å². The monoisotopic (exact) mass is 365 g/mol. The van der Waals surface area contributed by atoms with Crippen LogP contribution in [0.1, 0.15) is 25.0 Å². The Morgan fingerprint density at radius 1 is 1.38 bits per heavy atom. The van der Waals surface area contributed by atoms with Crippen molar-refractivity contribution in [1.29, 1.82) is 5.41 Å². The Balaban J connectivity index is 3.08. The Kier molecular flexibility index (Phi) is 5.77. The summed E-state index contributed by atoms with van der Waals surface area (Å²) in [6, 6.07) is 3.54. The number of ether oxygens (including phenoxy) is 1. The highest BCUT2D eigenvalue weighted by Crippen LogP contribution is 2.34. The second-order valence-electron chi connectivity index (χ2n) is 4.58. The van der Waals surface area contributed by atoms with Gasteiger partial charge in [0.1, 0.15) is 5.75 Å². The van der Waals surface area contributed by atoms with Gasteiger partial charge in [0, 0.05) is 6.04 Å². The van der Waals surface area contributed by atoms with Crippen molar-refractivity contribution in [3.63, 3.8) is 0 Å². The maximum atomic E-state index is 12.8. The van der Waals surface area contributed by atoms with E-state index in [4.69, 9.17) is 10.1 Å². The van der Waals surface area contributed by atoms with Gasteiger partial charge in [-0.2, -0.15) is 18.2 Å². The molecule has 21 heavy (non-hydrogen) atoms.